The molecule has 0 aromatic heterocycles. The minimum atomic E-state index is -0.189. The van der Waals surface area contributed by atoms with Crippen LogP contribution in [0, 0.1) is 5.82 Å². The van der Waals surface area contributed by atoms with Crippen molar-refractivity contribution < 1.29 is 9.13 Å². The molecule has 0 heterocycles. The SMILES string of the molecule is CC(C)NCc1ccc(F)c(COCCCN(C)C)c1. The smallest absolute Gasteiger partial charge is 0.128 e. The van der Waals surface area contributed by atoms with Gasteiger partial charge in [-0.1, -0.05) is 19.9 Å². The molecule has 0 amide bonds. The van der Waals surface area contributed by atoms with Gasteiger partial charge in [-0.25, -0.2) is 4.39 Å². The molecule has 0 atom stereocenters. The number of hydrogen-bond acceptors (Lipinski definition) is 3. The number of nitrogens with zero attached hydrogens (tertiary/aromatic N) is 1. The van der Waals surface area contributed by atoms with Crippen LogP contribution in [0.4, 0.5) is 4.39 Å². The molecule has 114 valence electrons. The van der Waals surface area contributed by atoms with Crippen LogP contribution in [0.2, 0.25) is 0 Å². The first-order valence-corrected chi connectivity index (χ1v) is 7.22. The second-order valence-corrected chi connectivity index (χ2v) is 5.67. The van der Waals surface area contributed by atoms with Crippen molar-refractivity contribution in [3.05, 3.63) is 35.1 Å². The summed E-state index contributed by atoms with van der Waals surface area (Å²) in [5.41, 5.74) is 1.73. The van der Waals surface area contributed by atoms with Gasteiger partial charge in [0.2, 0.25) is 0 Å². The summed E-state index contributed by atoms with van der Waals surface area (Å²) in [7, 11) is 4.07. The Morgan fingerprint density at radius 3 is 2.70 bits per heavy atom. The summed E-state index contributed by atoms with van der Waals surface area (Å²) in [6, 6.07) is 5.65. The summed E-state index contributed by atoms with van der Waals surface area (Å²) in [5, 5.41) is 3.33. The van der Waals surface area contributed by atoms with Crippen LogP contribution in [-0.4, -0.2) is 38.2 Å². The quantitative estimate of drug-likeness (QED) is 0.705. The normalized spacial score (nSPS) is 11.6. The zero-order valence-electron chi connectivity index (χ0n) is 13.1. The van der Waals surface area contributed by atoms with E-state index in [1.165, 1.54) is 6.07 Å². The Kier molecular flexibility index (Phi) is 7.73. The van der Waals surface area contributed by atoms with Crippen LogP contribution >= 0.6 is 0 Å². The second-order valence-electron chi connectivity index (χ2n) is 5.67. The molecule has 0 fully saturated rings. The summed E-state index contributed by atoms with van der Waals surface area (Å²) in [6.45, 7) is 6.93. The maximum absolute atomic E-state index is 13.7. The number of hydrogen-bond donors (Lipinski definition) is 1. The van der Waals surface area contributed by atoms with Crippen LogP contribution in [0.1, 0.15) is 31.4 Å². The molecular weight excluding hydrogens is 255 g/mol. The van der Waals surface area contributed by atoms with Gasteiger partial charge in [0.25, 0.3) is 0 Å². The molecule has 0 unspecified atom stereocenters. The monoisotopic (exact) mass is 282 g/mol. The van der Waals surface area contributed by atoms with E-state index in [4.69, 9.17) is 4.74 Å². The van der Waals surface area contributed by atoms with Gasteiger partial charge in [-0.15, -0.1) is 0 Å². The summed E-state index contributed by atoms with van der Waals surface area (Å²) >= 11 is 0. The van der Waals surface area contributed by atoms with Crippen molar-refractivity contribution >= 4 is 0 Å². The van der Waals surface area contributed by atoms with Crippen LogP contribution in [0.25, 0.3) is 0 Å². The summed E-state index contributed by atoms with van der Waals surface area (Å²) < 4.78 is 19.2. The predicted molar refractivity (Wildman–Crippen MR) is 81.2 cm³/mol. The number of halogens is 1. The average Bonchev–Trinajstić information content (AvgIpc) is 2.38. The molecule has 0 aliphatic heterocycles. The predicted octanol–water partition coefficient (Wildman–Crippen LogP) is 2.79. The molecular formula is C16H27FN2O. The van der Waals surface area contributed by atoms with Crippen LogP contribution in [0.5, 0.6) is 0 Å². The second kappa shape index (κ2) is 9.06. The third kappa shape index (κ3) is 6.98. The molecule has 1 aromatic rings. The Hall–Kier alpha value is -0.970. The zero-order valence-corrected chi connectivity index (χ0v) is 13.1. The van der Waals surface area contributed by atoms with E-state index < -0.39 is 0 Å². The Labute approximate surface area is 122 Å². The van der Waals surface area contributed by atoms with Crippen LogP contribution in [0.15, 0.2) is 18.2 Å². The molecule has 0 radical (unpaired) electrons. The lowest BCUT2D eigenvalue weighted by molar-refractivity contribution is 0.111. The Morgan fingerprint density at radius 2 is 2.05 bits per heavy atom. The van der Waals surface area contributed by atoms with Crippen molar-refractivity contribution in [3.63, 3.8) is 0 Å². The molecule has 20 heavy (non-hydrogen) atoms. The van der Waals surface area contributed by atoms with Gasteiger partial charge in [0, 0.05) is 24.8 Å². The zero-order chi connectivity index (χ0) is 15.0. The van der Waals surface area contributed by atoms with E-state index in [0.717, 1.165) is 25.1 Å². The minimum Gasteiger partial charge on any atom is -0.377 e. The lowest BCUT2D eigenvalue weighted by Gasteiger charge is -2.12. The summed E-state index contributed by atoms with van der Waals surface area (Å²) in [6.07, 6.45) is 0.962. The fourth-order valence-corrected chi connectivity index (χ4v) is 1.84. The van der Waals surface area contributed by atoms with Crippen molar-refractivity contribution in [2.24, 2.45) is 0 Å². The highest BCUT2D eigenvalue weighted by atomic mass is 19.1. The van der Waals surface area contributed by atoms with E-state index in [0.29, 0.717) is 24.8 Å². The van der Waals surface area contributed by atoms with Crippen molar-refractivity contribution in [1.29, 1.82) is 0 Å². The van der Waals surface area contributed by atoms with Gasteiger partial charge in [0.15, 0.2) is 0 Å². The third-order valence-electron chi connectivity index (χ3n) is 2.98. The van der Waals surface area contributed by atoms with Gasteiger partial charge in [-0.05, 0) is 44.8 Å². The van der Waals surface area contributed by atoms with Crippen molar-refractivity contribution in [1.82, 2.24) is 10.2 Å². The van der Waals surface area contributed by atoms with Gasteiger partial charge >= 0.3 is 0 Å². The Balaban J connectivity index is 2.41. The van der Waals surface area contributed by atoms with Gasteiger partial charge in [-0.2, -0.15) is 0 Å². The number of rotatable bonds is 9. The molecule has 0 aliphatic rings. The van der Waals surface area contributed by atoms with E-state index in [1.54, 1.807) is 0 Å². The fraction of sp³-hybridized carbons (Fsp3) is 0.625. The van der Waals surface area contributed by atoms with Crippen molar-refractivity contribution in [2.75, 3.05) is 27.2 Å². The molecule has 0 saturated carbocycles. The largest absolute Gasteiger partial charge is 0.377 e. The number of nitrogens with one attached hydrogen (secondary N) is 1. The molecule has 0 aliphatic carbocycles. The van der Waals surface area contributed by atoms with E-state index in [1.807, 2.05) is 26.2 Å². The average molecular weight is 282 g/mol. The van der Waals surface area contributed by atoms with E-state index in [9.17, 15) is 4.39 Å². The standard InChI is InChI=1S/C16H27FN2O/c1-13(2)18-11-14-6-7-16(17)15(10-14)12-20-9-5-8-19(3)4/h6-7,10,13,18H,5,8-9,11-12H2,1-4H3. The fourth-order valence-electron chi connectivity index (χ4n) is 1.84. The summed E-state index contributed by atoms with van der Waals surface area (Å²) in [4.78, 5) is 2.11. The van der Waals surface area contributed by atoms with Crippen molar-refractivity contribution in [2.45, 2.75) is 39.5 Å². The van der Waals surface area contributed by atoms with Gasteiger partial charge < -0.3 is 15.0 Å². The highest BCUT2D eigenvalue weighted by Gasteiger charge is 2.05. The molecule has 1 rings (SSSR count). The molecule has 0 bridgehead atoms. The van der Waals surface area contributed by atoms with E-state index in [2.05, 4.69) is 24.1 Å². The third-order valence-corrected chi connectivity index (χ3v) is 2.98. The molecule has 0 spiro atoms. The highest BCUT2D eigenvalue weighted by molar-refractivity contribution is 5.24. The highest BCUT2D eigenvalue weighted by Crippen LogP contribution is 2.12. The first kappa shape index (κ1) is 17.1. The van der Waals surface area contributed by atoms with E-state index in [-0.39, 0.29) is 5.82 Å². The molecule has 0 saturated heterocycles. The molecule has 1 N–H and O–H groups in total. The first-order chi connectivity index (χ1) is 9.49. The van der Waals surface area contributed by atoms with Gasteiger partial charge in [-0.3, -0.25) is 0 Å². The van der Waals surface area contributed by atoms with Gasteiger partial charge in [0.1, 0.15) is 5.82 Å². The van der Waals surface area contributed by atoms with Crippen LogP contribution in [0.3, 0.4) is 0 Å². The Morgan fingerprint density at radius 1 is 1.30 bits per heavy atom. The van der Waals surface area contributed by atoms with Crippen molar-refractivity contribution in [3.8, 4) is 0 Å². The topological polar surface area (TPSA) is 24.5 Å². The maximum atomic E-state index is 13.7. The Bertz CT molecular complexity index is 394. The summed E-state index contributed by atoms with van der Waals surface area (Å²) in [5.74, 6) is -0.189. The minimum absolute atomic E-state index is 0.189. The molecule has 3 nitrogen and oxygen atoms in total. The lowest BCUT2D eigenvalue weighted by atomic mass is 10.1. The van der Waals surface area contributed by atoms with Gasteiger partial charge in [0.05, 0.1) is 6.61 Å². The maximum Gasteiger partial charge on any atom is 0.128 e. The molecule has 4 heteroatoms. The molecule has 1 aromatic carbocycles. The van der Waals surface area contributed by atoms with E-state index >= 15 is 0 Å². The number of benzene rings is 1. The van der Waals surface area contributed by atoms with Crippen LogP contribution < -0.4 is 5.32 Å². The first-order valence-electron chi connectivity index (χ1n) is 7.22. The van der Waals surface area contributed by atoms with Crippen LogP contribution in [-0.2, 0) is 17.9 Å². The lowest BCUT2D eigenvalue weighted by Crippen LogP contribution is -2.21. The number of ether oxygens (including phenoxy) is 1.